The topological polar surface area (TPSA) is 29.5 Å². The molecule has 3 heteroatoms. The quantitative estimate of drug-likeness (QED) is 0.838. The summed E-state index contributed by atoms with van der Waals surface area (Å²) in [7, 11) is 0. The number of thioether (sulfide) groups is 1. The predicted molar refractivity (Wildman–Crippen MR) is 73.2 cm³/mol. The number of para-hydroxylation sites is 1. The molecule has 2 atom stereocenters. The lowest BCUT2D eigenvalue weighted by Crippen LogP contribution is -2.23. The van der Waals surface area contributed by atoms with Gasteiger partial charge in [0.25, 0.3) is 0 Å². The fraction of sp³-hybridized carbons (Fsp3) is 0.200. The second-order valence-corrected chi connectivity index (χ2v) is 5.58. The summed E-state index contributed by atoms with van der Waals surface area (Å²) in [5.41, 5.74) is 1.18. The van der Waals surface area contributed by atoms with Crippen LogP contribution in [0, 0.1) is 0 Å². The molecule has 0 saturated heterocycles. The molecule has 0 aliphatic carbocycles. The van der Waals surface area contributed by atoms with E-state index in [2.05, 4.69) is 13.0 Å². The van der Waals surface area contributed by atoms with Crippen molar-refractivity contribution < 1.29 is 9.84 Å². The van der Waals surface area contributed by atoms with Crippen LogP contribution in [-0.2, 0) is 0 Å². The molecule has 0 radical (unpaired) electrons. The first-order chi connectivity index (χ1) is 8.74. The summed E-state index contributed by atoms with van der Waals surface area (Å²) in [4.78, 5) is 1.17. The number of hydrogen-bond acceptors (Lipinski definition) is 3. The Morgan fingerprint density at radius 2 is 1.78 bits per heavy atom. The molecule has 0 saturated carbocycles. The smallest absolute Gasteiger partial charge is 0.133 e. The van der Waals surface area contributed by atoms with E-state index < -0.39 is 0 Å². The third kappa shape index (κ3) is 2.06. The molecular formula is C15H14O2S. The Labute approximate surface area is 111 Å². The summed E-state index contributed by atoms with van der Waals surface area (Å²) in [5, 5.41) is 9.61. The Bertz CT molecular complexity index is 551. The van der Waals surface area contributed by atoms with Crippen LogP contribution < -0.4 is 4.74 Å². The molecule has 2 nitrogen and oxygen atoms in total. The lowest BCUT2D eigenvalue weighted by Gasteiger charge is -2.31. The highest BCUT2D eigenvalue weighted by Gasteiger charge is 2.28. The van der Waals surface area contributed by atoms with Crippen LogP contribution in [0.5, 0.6) is 11.5 Å². The first kappa shape index (κ1) is 11.5. The molecule has 0 amide bonds. The number of benzene rings is 2. The first-order valence-electron chi connectivity index (χ1n) is 5.95. The normalized spacial score (nSPS) is 22.1. The van der Waals surface area contributed by atoms with Crippen LogP contribution in [0.4, 0.5) is 0 Å². The average Bonchev–Trinajstić information content (AvgIpc) is 2.39. The van der Waals surface area contributed by atoms with Crippen molar-refractivity contribution in [1.29, 1.82) is 0 Å². The number of fused-ring (bicyclic) bond motifs is 1. The van der Waals surface area contributed by atoms with Gasteiger partial charge >= 0.3 is 0 Å². The predicted octanol–water partition coefficient (Wildman–Crippen LogP) is 4.01. The largest absolute Gasteiger partial charge is 0.508 e. The monoisotopic (exact) mass is 258 g/mol. The van der Waals surface area contributed by atoms with Crippen molar-refractivity contribution in [3.8, 4) is 11.5 Å². The molecule has 0 unspecified atom stereocenters. The standard InChI is InChI=1S/C15H14O2S/c1-10-15(11-6-8-12(16)9-7-11)18-14-5-3-2-4-13(14)17-10/h2-10,15-16H,1H3/t10-,15-/m1/s1. The van der Waals surface area contributed by atoms with Crippen LogP contribution in [0.1, 0.15) is 17.7 Å². The molecule has 18 heavy (non-hydrogen) atoms. The van der Waals surface area contributed by atoms with Crippen molar-refractivity contribution in [2.45, 2.75) is 23.2 Å². The van der Waals surface area contributed by atoms with Crippen LogP contribution in [0.25, 0.3) is 0 Å². The minimum atomic E-state index is 0.120. The van der Waals surface area contributed by atoms with Gasteiger partial charge in [0.15, 0.2) is 0 Å². The number of ether oxygens (including phenoxy) is 1. The van der Waals surface area contributed by atoms with Gasteiger partial charge in [-0.05, 0) is 36.8 Å². The van der Waals surface area contributed by atoms with Crippen molar-refractivity contribution in [1.82, 2.24) is 0 Å². The molecule has 2 aromatic carbocycles. The summed E-state index contributed by atoms with van der Waals surface area (Å²) in [6.07, 6.45) is 0.120. The molecular weight excluding hydrogens is 244 g/mol. The van der Waals surface area contributed by atoms with Gasteiger partial charge in [0.1, 0.15) is 17.6 Å². The van der Waals surface area contributed by atoms with Crippen molar-refractivity contribution in [3.05, 3.63) is 54.1 Å². The Hall–Kier alpha value is -1.61. The molecule has 3 rings (SSSR count). The van der Waals surface area contributed by atoms with Gasteiger partial charge in [0.2, 0.25) is 0 Å². The Morgan fingerprint density at radius 3 is 2.56 bits per heavy atom. The van der Waals surface area contributed by atoms with E-state index in [4.69, 9.17) is 4.74 Å². The summed E-state index contributed by atoms with van der Waals surface area (Å²) >= 11 is 1.82. The average molecular weight is 258 g/mol. The van der Waals surface area contributed by atoms with E-state index >= 15 is 0 Å². The van der Waals surface area contributed by atoms with Crippen LogP contribution in [0.15, 0.2) is 53.4 Å². The SMILES string of the molecule is C[C@H]1Oc2ccccc2S[C@H]1c1ccc(O)cc1. The van der Waals surface area contributed by atoms with E-state index in [0.29, 0.717) is 5.75 Å². The summed E-state index contributed by atoms with van der Waals surface area (Å²) in [6.45, 7) is 2.08. The van der Waals surface area contributed by atoms with E-state index in [1.807, 2.05) is 42.1 Å². The van der Waals surface area contributed by atoms with Crippen molar-refractivity contribution in [2.75, 3.05) is 0 Å². The van der Waals surface area contributed by atoms with Crippen LogP contribution in [0.3, 0.4) is 0 Å². The van der Waals surface area contributed by atoms with Crippen LogP contribution in [0.2, 0.25) is 0 Å². The van der Waals surface area contributed by atoms with Gasteiger partial charge in [-0.2, -0.15) is 0 Å². The maximum Gasteiger partial charge on any atom is 0.133 e. The molecule has 0 bridgehead atoms. The number of phenolic OH excluding ortho intramolecular Hbond substituents is 1. The van der Waals surface area contributed by atoms with Gasteiger partial charge in [-0.15, -0.1) is 11.8 Å². The van der Waals surface area contributed by atoms with Gasteiger partial charge in [0, 0.05) is 0 Å². The molecule has 1 N–H and O–H groups in total. The van der Waals surface area contributed by atoms with E-state index in [9.17, 15) is 5.11 Å². The minimum absolute atomic E-state index is 0.120. The molecule has 1 aliphatic rings. The maximum absolute atomic E-state index is 9.34. The van der Waals surface area contributed by atoms with Gasteiger partial charge in [-0.25, -0.2) is 0 Å². The minimum Gasteiger partial charge on any atom is -0.508 e. The van der Waals surface area contributed by atoms with Crippen LogP contribution in [-0.4, -0.2) is 11.2 Å². The Morgan fingerprint density at radius 1 is 1.06 bits per heavy atom. The van der Waals surface area contributed by atoms with Crippen molar-refractivity contribution in [2.24, 2.45) is 0 Å². The zero-order valence-corrected chi connectivity index (χ0v) is 10.9. The van der Waals surface area contributed by atoms with Gasteiger partial charge < -0.3 is 9.84 Å². The lowest BCUT2D eigenvalue weighted by atomic mass is 10.1. The maximum atomic E-state index is 9.34. The van der Waals surface area contributed by atoms with Crippen molar-refractivity contribution in [3.63, 3.8) is 0 Å². The van der Waals surface area contributed by atoms with Gasteiger partial charge in [0.05, 0.1) is 10.1 Å². The third-order valence-corrected chi connectivity index (χ3v) is 4.56. The molecule has 0 aromatic heterocycles. The summed E-state index contributed by atoms with van der Waals surface area (Å²) in [5.74, 6) is 1.26. The Balaban J connectivity index is 1.93. The molecule has 2 aromatic rings. The van der Waals surface area contributed by atoms with E-state index in [1.165, 1.54) is 10.5 Å². The summed E-state index contributed by atoms with van der Waals surface area (Å²) in [6, 6.07) is 15.5. The molecule has 0 spiro atoms. The molecule has 1 heterocycles. The second kappa shape index (κ2) is 4.58. The van der Waals surface area contributed by atoms with Crippen molar-refractivity contribution >= 4 is 11.8 Å². The fourth-order valence-electron chi connectivity index (χ4n) is 2.14. The fourth-order valence-corrected chi connectivity index (χ4v) is 3.35. The highest BCUT2D eigenvalue weighted by molar-refractivity contribution is 7.99. The Kier molecular flexibility index (Phi) is 2.92. The van der Waals surface area contributed by atoms with E-state index in [0.717, 1.165) is 5.75 Å². The molecule has 1 aliphatic heterocycles. The highest BCUT2D eigenvalue weighted by atomic mass is 32.2. The highest BCUT2D eigenvalue weighted by Crippen LogP contribution is 2.47. The second-order valence-electron chi connectivity index (χ2n) is 4.40. The van der Waals surface area contributed by atoms with Crippen LogP contribution >= 0.6 is 11.8 Å². The number of phenols is 1. The summed E-state index contributed by atoms with van der Waals surface area (Å²) < 4.78 is 5.95. The molecule has 92 valence electrons. The van der Waals surface area contributed by atoms with E-state index in [1.54, 1.807) is 12.1 Å². The number of aromatic hydroxyl groups is 1. The van der Waals surface area contributed by atoms with Gasteiger partial charge in [-0.1, -0.05) is 24.3 Å². The number of hydrogen-bond donors (Lipinski definition) is 1. The van der Waals surface area contributed by atoms with E-state index in [-0.39, 0.29) is 11.4 Å². The third-order valence-electron chi connectivity index (χ3n) is 3.06. The first-order valence-corrected chi connectivity index (χ1v) is 6.83. The molecule has 0 fully saturated rings. The zero-order chi connectivity index (χ0) is 12.5. The lowest BCUT2D eigenvalue weighted by molar-refractivity contribution is 0.207. The number of rotatable bonds is 1. The zero-order valence-electron chi connectivity index (χ0n) is 10.0. The van der Waals surface area contributed by atoms with Gasteiger partial charge in [-0.3, -0.25) is 0 Å².